The third kappa shape index (κ3) is 7.44. The molecule has 1 amide bonds. The lowest BCUT2D eigenvalue weighted by atomic mass is 10.1. The topological polar surface area (TPSA) is 163 Å². The van der Waals surface area contributed by atoms with Crippen LogP contribution in [0.15, 0.2) is 24.7 Å². The molecule has 168 valence electrons. The molecule has 0 unspecified atom stereocenters. The van der Waals surface area contributed by atoms with E-state index in [1.807, 2.05) is 19.0 Å². The Kier molecular flexibility index (Phi) is 10.8. The molecule has 31 heavy (non-hydrogen) atoms. The summed E-state index contributed by atoms with van der Waals surface area (Å²) in [6, 6.07) is 3.57. The van der Waals surface area contributed by atoms with Crippen molar-refractivity contribution < 1.29 is 34.1 Å². The Morgan fingerprint density at radius 1 is 1.26 bits per heavy atom. The highest BCUT2D eigenvalue weighted by Crippen LogP contribution is 2.36. The van der Waals surface area contributed by atoms with Gasteiger partial charge in [-0.2, -0.15) is 0 Å². The lowest BCUT2D eigenvalue weighted by molar-refractivity contribution is -0.123. The van der Waals surface area contributed by atoms with Crippen molar-refractivity contribution >= 4 is 30.4 Å². The molecule has 0 radical (unpaired) electrons. The van der Waals surface area contributed by atoms with E-state index in [1.165, 1.54) is 6.33 Å². The van der Waals surface area contributed by atoms with Gasteiger partial charge in [-0.3, -0.25) is 14.4 Å². The third-order valence-corrected chi connectivity index (χ3v) is 3.86. The van der Waals surface area contributed by atoms with Crippen molar-refractivity contribution in [2.24, 2.45) is 0 Å². The number of aromatic nitrogens is 2. The number of nitrogens with zero attached hydrogens (tertiary/aromatic N) is 3. The summed E-state index contributed by atoms with van der Waals surface area (Å²) in [6.07, 6.45) is 3.07. The van der Waals surface area contributed by atoms with Crippen LogP contribution in [0.25, 0.3) is 0 Å². The first-order valence-corrected chi connectivity index (χ1v) is 8.91. The van der Waals surface area contributed by atoms with Gasteiger partial charge in [-0.05, 0) is 26.2 Å². The maximum atomic E-state index is 11.8. The molecule has 0 saturated carbocycles. The van der Waals surface area contributed by atoms with Crippen LogP contribution in [0.2, 0.25) is 0 Å². The van der Waals surface area contributed by atoms with E-state index in [4.69, 9.17) is 29.3 Å². The van der Waals surface area contributed by atoms with Gasteiger partial charge in [0.2, 0.25) is 0 Å². The highest BCUT2D eigenvalue weighted by atomic mass is 16.5. The minimum absolute atomic E-state index is 0.0883. The van der Waals surface area contributed by atoms with E-state index in [2.05, 4.69) is 20.6 Å². The number of likely N-dealkylation sites (N-methyl/N-ethyl adjacent to an activating group) is 1. The lowest BCUT2D eigenvalue weighted by Crippen LogP contribution is -2.19. The standard InChI is InChI=1S/C17H21N5O3.2CH2O2/c1-22(2)6-7-25-14-9-18-10-20-16(14)21-13-5-4-11-12(15(13)24-3)8-19-17(11)23;2*2-1-3/h4-5,9-10H,6-8H2,1-3H3,(H,19,23)(H,18,20,21);2*1H,(H,2,3). The highest BCUT2D eigenvalue weighted by molar-refractivity contribution is 6.00. The molecule has 0 aliphatic carbocycles. The van der Waals surface area contributed by atoms with E-state index in [0.29, 0.717) is 41.7 Å². The van der Waals surface area contributed by atoms with Gasteiger partial charge in [0, 0.05) is 24.2 Å². The third-order valence-electron chi connectivity index (χ3n) is 3.86. The number of methoxy groups -OCH3 is 1. The molecular formula is C19H25N5O7. The fraction of sp³-hybridized carbons (Fsp3) is 0.316. The van der Waals surface area contributed by atoms with Gasteiger partial charge in [-0.15, -0.1) is 0 Å². The Morgan fingerprint density at radius 2 is 1.94 bits per heavy atom. The molecule has 12 nitrogen and oxygen atoms in total. The molecule has 2 aromatic rings. The number of carbonyl (C=O) groups excluding carboxylic acids is 1. The van der Waals surface area contributed by atoms with Crippen molar-refractivity contribution in [2.45, 2.75) is 6.54 Å². The van der Waals surface area contributed by atoms with Crippen LogP contribution in [0.5, 0.6) is 11.5 Å². The second kappa shape index (κ2) is 13.3. The highest BCUT2D eigenvalue weighted by Gasteiger charge is 2.25. The number of nitrogens with one attached hydrogen (secondary N) is 2. The van der Waals surface area contributed by atoms with Gasteiger partial charge in [-0.25, -0.2) is 9.97 Å². The summed E-state index contributed by atoms with van der Waals surface area (Å²) >= 11 is 0. The zero-order valence-electron chi connectivity index (χ0n) is 17.4. The molecular weight excluding hydrogens is 410 g/mol. The molecule has 0 atom stereocenters. The predicted molar refractivity (Wildman–Crippen MR) is 111 cm³/mol. The Labute approximate surface area is 178 Å². The summed E-state index contributed by atoms with van der Waals surface area (Å²) in [4.78, 5) is 38.8. The van der Waals surface area contributed by atoms with Crippen LogP contribution < -0.4 is 20.1 Å². The lowest BCUT2D eigenvalue weighted by Gasteiger charge is -2.16. The quantitative estimate of drug-likeness (QED) is 0.455. The van der Waals surface area contributed by atoms with E-state index in [1.54, 1.807) is 25.4 Å². The van der Waals surface area contributed by atoms with Crippen molar-refractivity contribution in [3.63, 3.8) is 0 Å². The summed E-state index contributed by atoms with van der Waals surface area (Å²) < 4.78 is 11.3. The number of carbonyl (C=O) groups is 3. The molecule has 4 N–H and O–H groups in total. The van der Waals surface area contributed by atoms with Crippen LogP contribution in [-0.2, 0) is 16.1 Å². The number of hydrogen-bond acceptors (Lipinski definition) is 9. The Bertz CT molecular complexity index is 871. The van der Waals surface area contributed by atoms with Crippen LogP contribution in [0.4, 0.5) is 11.5 Å². The molecule has 3 rings (SSSR count). The Morgan fingerprint density at radius 3 is 2.55 bits per heavy atom. The van der Waals surface area contributed by atoms with Crippen LogP contribution in [0.3, 0.4) is 0 Å². The molecule has 2 heterocycles. The average molecular weight is 435 g/mol. The first kappa shape index (κ1) is 25.1. The number of carboxylic acid groups (broad SMARTS) is 2. The number of anilines is 2. The number of amides is 1. The van der Waals surface area contributed by atoms with Gasteiger partial charge in [-0.1, -0.05) is 0 Å². The van der Waals surface area contributed by atoms with Crippen molar-refractivity contribution in [3.05, 3.63) is 35.8 Å². The van der Waals surface area contributed by atoms with Crippen molar-refractivity contribution in [1.29, 1.82) is 0 Å². The molecule has 12 heteroatoms. The second-order valence-corrected chi connectivity index (χ2v) is 6.08. The van der Waals surface area contributed by atoms with E-state index in [-0.39, 0.29) is 18.9 Å². The summed E-state index contributed by atoms with van der Waals surface area (Å²) in [6.45, 7) is 1.25. The van der Waals surface area contributed by atoms with Gasteiger partial charge in [0.05, 0.1) is 19.0 Å². The number of benzene rings is 1. The normalized spacial score (nSPS) is 11.0. The molecule has 1 aromatic heterocycles. The zero-order valence-corrected chi connectivity index (χ0v) is 17.4. The largest absolute Gasteiger partial charge is 0.494 e. The molecule has 0 bridgehead atoms. The summed E-state index contributed by atoms with van der Waals surface area (Å²) in [7, 11) is 5.54. The number of ether oxygens (including phenoxy) is 2. The Balaban J connectivity index is 0.000000720. The van der Waals surface area contributed by atoms with Crippen LogP contribution in [0.1, 0.15) is 15.9 Å². The predicted octanol–water partition coefficient (Wildman–Crippen LogP) is 0.814. The number of hydrogen-bond donors (Lipinski definition) is 4. The SMILES string of the molecule is COc1c(Nc2ncncc2OCCN(C)C)ccc2c1CNC2=O.O=CO.O=CO. The summed E-state index contributed by atoms with van der Waals surface area (Å²) in [5.74, 6) is 1.63. The van der Waals surface area contributed by atoms with Gasteiger partial charge >= 0.3 is 0 Å². The van der Waals surface area contributed by atoms with Gasteiger partial charge in [0.15, 0.2) is 11.6 Å². The summed E-state index contributed by atoms with van der Waals surface area (Å²) in [5.41, 5.74) is 2.18. The minimum Gasteiger partial charge on any atom is -0.494 e. The maximum absolute atomic E-state index is 11.8. The van der Waals surface area contributed by atoms with E-state index < -0.39 is 0 Å². The van der Waals surface area contributed by atoms with E-state index in [9.17, 15) is 4.79 Å². The molecule has 0 saturated heterocycles. The van der Waals surface area contributed by atoms with Crippen molar-refractivity contribution in [2.75, 3.05) is 39.7 Å². The monoisotopic (exact) mass is 435 g/mol. The molecule has 1 aliphatic rings. The van der Waals surface area contributed by atoms with Gasteiger partial charge in [0.1, 0.15) is 18.7 Å². The molecule has 1 aromatic carbocycles. The van der Waals surface area contributed by atoms with Crippen molar-refractivity contribution in [1.82, 2.24) is 20.2 Å². The van der Waals surface area contributed by atoms with E-state index in [0.717, 1.165) is 12.1 Å². The first-order chi connectivity index (χ1) is 14.9. The Hall–Kier alpha value is -3.93. The molecule has 1 aliphatic heterocycles. The maximum Gasteiger partial charge on any atom is 0.290 e. The van der Waals surface area contributed by atoms with Gasteiger partial charge in [0.25, 0.3) is 18.9 Å². The summed E-state index contributed by atoms with van der Waals surface area (Å²) in [5, 5.41) is 19.8. The van der Waals surface area contributed by atoms with Crippen LogP contribution in [-0.4, -0.2) is 78.3 Å². The first-order valence-electron chi connectivity index (χ1n) is 8.91. The zero-order chi connectivity index (χ0) is 23.2. The smallest absolute Gasteiger partial charge is 0.290 e. The van der Waals surface area contributed by atoms with Gasteiger partial charge < -0.3 is 35.2 Å². The second-order valence-electron chi connectivity index (χ2n) is 6.08. The van der Waals surface area contributed by atoms with Crippen LogP contribution in [0, 0.1) is 0 Å². The molecule has 0 spiro atoms. The fourth-order valence-corrected chi connectivity index (χ4v) is 2.59. The molecule has 0 fully saturated rings. The fourth-order valence-electron chi connectivity index (χ4n) is 2.59. The van der Waals surface area contributed by atoms with E-state index >= 15 is 0 Å². The van der Waals surface area contributed by atoms with Crippen LogP contribution >= 0.6 is 0 Å². The van der Waals surface area contributed by atoms with Crippen molar-refractivity contribution in [3.8, 4) is 11.5 Å². The minimum atomic E-state index is -0.250. The number of fused-ring (bicyclic) bond motifs is 1. The average Bonchev–Trinajstić information content (AvgIpc) is 3.11. The number of rotatable bonds is 7.